The van der Waals surface area contributed by atoms with Crippen LogP contribution in [0.2, 0.25) is 0 Å². The molecule has 3 N–H and O–H groups in total. The molecule has 0 bridgehead atoms. The van der Waals surface area contributed by atoms with Crippen LogP contribution in [0.4, 0.5) is 0 Å². The van der Waals surface area contributed by atoms with E-state index in [0.29, 0.717) is 12.1 Å². The van der Waals surface area contributed by atoms with Gasteiger partial charge in [0.05, 0.1) is 17.6 Å². The second-order valence-electron chi connectivity index (χ2n) is 4.55. The average molecular weight is 287 g/mol. The van der Waals surface area contributed by atoms with Gasteiger partial charge in [-0.3, -0.25) is 0 Å². The van der Waals surface area contributed by atoms with E-state index in [1.165, 1.54) is 12.1 Å². The maximum Gasteiger partial charge on any atom is 0.175 e. The van der Waals surface area contributed by atoms with Crippen LogP contribution >= 0.6 is 0 Å². The first-order chi connectivity index (χ1) is 8.88. The molecular formula is C13H21NO4S. The first-order valence-electron chi connectivity index (χ1n) is 6.20. The highest BCUT2D eigenvalue weighted by molar-refractivity contribution is 7.90. The van der Waals surface area contributed by atoms with Gasteiger partial charge >= 0.3 is 0 Å². The van der Waals surface area contributed by atoms with E-state index >= 15 is 0 Å². The molecule has 19 heavy (non-hydrogen) atoms. The quantitative estimate of drug-likeness (QED) is 0.679. The molecule has 1 aromatic carbocycles. The first kappa shape index (κ1) is 16.1. The SMILES string of the molecule is CCC(CO)NCC(O)c1ccc(S(C)(=O)=O)cc1. The second-order valence-corrected chi connectivity index (χ2v) is 6.57. The van der Waals surface area contributed by atoms with Gasteiger partial charge in [0.1, 0.15) is 0 Å². The smallest absolute Gasteiger partial charge is 0.175 e. The Balaban J connectivity index is 2.65. The van der Waals surface area contributed by atoms with Gasteiger partial charge in [0.15, 0.2) is 9.84 Å². The van der Waals surface area contributed by atoms with E-state index in [2.05, 4.69) is 5.32 Å². The first-order valence-corrected chi connectivity index (χ1v) is 8.10. The van der Waals surface area contributed by atoms with Crippen LogP contribution in [0.15, 0.2) is 29.2 Å². The van der Waals surface area contributed by atoms with Crippen molar-refractivity contribution in [3.8, 4) is 0 Å². The van der Waals surface area contributed by atoms with E-state index in [1.807, 2.05) is 6.92 Å². The van der Waals surface area contributed by atoms with Gasteiger partial charge < -0.3 is 15.5 Å². The van der Waals surface area contributed by atoms with Crippen molar-refractivity contribution in [2.24, 2.45) is 0 Å². The fraction of sp³-hybridized carbons (Fsp3) is 0.538. The summed E-state index contributed by atoms with van der Waals surface area (Å²) in [5, 5.41) is 22.0. The van der Waals surface area contributed by atoms with Crippen LogP contribution in [0.25, 0.3) is 0 Å². The molecular weight excluding hydrogens is 266 g/mol. The van der Waals surface area contributed by atoms with Gasteiger partial charge in [0.2, 0.25) is 0 Å². The lowest BCUT2D eigenvalue weighted by molar-refractivity contribution is 0.157. The molecule has 0 aliphatic carbocycles. The Hall–Kier alpha value is -0.950. The highest BCUT2D eigenvalue weighted by Crippen LogP contribution is 2.16. The summed E-state index contributed by atoms with van der Waals surface area (Å²) in [6.07, 6.45) is 1.19. The highest BCUT2D eigenvalue weighted by Gasteiger charge is 2.12. The lowest BCUT2D eigenvalue weighted by Crippen LogP contribution is -2.34. The Labute approximate surface area is 114 Å². The van der Waals surface area contributed by atoms with Crippen molar-refractivity contribution in [2.75, 3.05) is 19.4 Å². The molecule has 0 fully saturated rings. The van der Waals surface area contributed by atoms with Crippen molar-refractivity contribution in [2.45, 2.75) is 30.4 Å². The van der Waals surface area contributed by atoms with Gasteiger partial charge in [-0.1, -0.05) is 19.1 Å². The van der Waals surface area contributed by atoms with E-state index in [-0.39, 0.29) is 17.5 Å². The summed E-state index contributed by atoms with van der Waals surface area (Å²) in [5.41, 5.74) is 0.646. The van der Waals surface area contributed by atoms with Gasteiger partial charge in [-0.15, -0.1) is 0 Å². The number of rotatable bonds is 7. The van der Waals surface area contributed by atoms with Crippen molar-refractivity contribution < 1.29 is 18.6 Å². The van der Waals surface area contributed by atoms with E-state index < -0.39 is 15.9 Å². The average Bonchev–Trinajstić information content (AvgIpc) is 2.39. The van der Waals surface area contributed by atoms with E-state index in [4.69, 9.17) is 5.11 Å². The van der Waals surface area contributed by atoms with Gasteiger partial charge in [0, 0.05) is 18.8 Å². The van der Waals surface area contributed by atoms with Crippen LogP contribution in [-0.2, 0) is 9.84 Å². The van der Waals surface area contributed by atoms with Crippen molar-refractivity contribution >= 4 is 9.84 Å². The van der Waals surface area contributed by atoms with Crippen LogP contribution in [0.5, 0.6) is 0 Å². The molecule has 1 rings (SSSR count). The number of benzene rings is 1. The lowest BCUT2D eigenvalue weighted by atomic mass is 10.1. The lowest BCUT2D eigenvalue weighted by Gasteiger charge is -2.17. The van der Waals surface area contributed by atoms with Crippen molar-refractivity contribution in [1.29, 1.82) is 0 Å². The molecule has 0 heterocycles. The Bertz CT molecular complexity index is 480. The van der Waals surface area contributed by atoms with E-state index in [9.17, 15) is 13.5 Å². The zero-order valence-corrected chi connectivity index (χ0v) is 12.0. The predicted molar refractivity (Wildman–Crippen MR) is 73.7 cm³/mol. The molecule has 0 aromatic heterocycles. The third-order valence-electron chi connectivity index (χ3n) is 3.01. The number of nitrogens with one attached hydrogen (secondary N) is 1. The van der Waals surface area contributed by atoms with Crippen molar-refractivity contribution in [3.63, 3.8) is 0 Å². The van der Waals surface area contributed by atoms with Gasteiger partial charge in [-0.25, -0.2) is 8.42 Å². The third-order valence-corrected chi connectivity index (χ3v) is 4.13. The van der Waals surface area contributed by atoms with Crippen LogP contribution in [-0.4, -0.2) is 44.1 Å². The maximum atomic E-state index is 11.3. The Kier molecular flexibility index (Phi) is 5.93. The van der Waals surface area contributed by atoms with Crippen LogP contribution < -0.4 is 5.32 Å². The summed E-state index contributed by atoms with van der Waals surface area (Å²) in [6, 6.07) is 6.13. The van der Waals surface area contributed by atoms with Gasteiger partial charge in [-0.2, -0.15) is 0 Å². The minimum atomic E-state index is -3.21. The fourth-order valence-corrected chi connectivity index (χ4v) is 2.30. The standard InChI is InChI=1S/C13H21NO4S/c1-3-11(9-15)14-8-13(16)10-4-6-12(7-5-10)19(2,17)18/h4-7,11,13-16H,3,8-9H2,1-2H3. The molecule has 0 aliphatic rings. The van der Waals surface area contributed by atoms with E-state index in [1.54, 1.807) is 12.1 Å². The van der Waals surface area contributed by atoms with Crippen molar-refractivity contribution in [1.82, 2.24) is 5.32 Å². The Morgan fingerprint density at radius 3 is 2.26 bits per heavy atom. The molecule has 0 saturated carbocycles. The minimum absolute atomic E-state index is 0.0240. The van der Waals surface area contributed by atoms with E-state index in [0.717, 1.165) is 12.7 Å². The molecule has 2 atom stereocenters. The minimum Gasteiger partial charge on any atom is -0.395 e. The zero-order valence-electron chi connectivity index (χ0n) is 11.2. The monoisotopic (exact) mass is 287 g/mol. The number of sulfone groups is 1. The topological polar surface area (TPSA) is 86.6 Å². The number of aliphatic hydroxyl groups excluding tert-OH is 2. The maximum absolute atomic E-state index is 11.3. The molecule has 2 unspecified atom stereocenters. The molecule has 5 nitrogen and oxygen atoms in total. The Morgan fingerprint density at radius 1 is 1.26 bits per heavy atom. The molecule has 0 saturated heterocycles. The van der Waals surface area contributed by atoms with Gasteiger partial charge in [-0.05, 0) is 24.1 Å². The molecule has 108 valence electrons. The molecule has 0 spiro atoms. The molecule has 6 heteroatoms. The summed E-state index contributed by atoms with van der Waals surface area (Å²) in [6.45, 7) is 2.29. The summed E-state index contributed by atoms with van der Waals surface area (Å²) < 4.78 is 22.6. The molecule has 0 aliphatic heterocycles. The van der Waals surface area contributed by atoms with Gasteiger partial charge in [0.25, 0.3) is 0 Å². The predicted octanol–water partition coefficient (Wildman–Crippen LogP) is 0.484. The molecule has 0 radical (unpaired) electrons. The largest absolute Gasteiger partial charge is 0.395 e. The zero-order chi connectivity index (χ0) is 14.5. The fourth-order valence-electron chi connectivity index (χ4n) is 1.67. The normalized spacial score (nSPS) is 15.2. The van der Waals surface area contributed by atoms with Crippen molar-refractivity contribution in [3.05, 3.63) is 29.8 Å². The summed E-state index contributed by atoms with van der Waals surface area (Å²) in [4.78, 5) is 0.234. The number of hydrogen-bond acceptors (Lipinski definition) is 5. The summed E-state index contributed by atoms with van der Waals surface area (Å²) in [7, 11) is -3.21. The molecule has 1 aromatic rings. The van der Waals surface area contributed by atoms with Crippen LogP contribution in [0.3, 0.4) is 0 Å². The second kappa shape index (κ2) is 7.00. The number of hydrogen-bond donors (Lipinski definition) is 3. The highest BCUT2D eigenvalue weighted by atomic mass is 32.2. The summed E-state index contributed by atoms with van der Waals surface area (Å²) in [5.74, 6) is 0. The Morgan fingerprint density at radius 2 is 1.84 bits per heavy atom. The van der Waals surface area contributed by atoms with Crippen LogP contribution in [0.1, 0.15) is 25.0 Å². The molecule has 0 amide bonds. The third kappa shape index (κ3) is 4.91. The number of aliphatic hydroxyl groups is 2. The summed E-state index contributed by atoms with van der Waals surface area (Å²) >= 11 is 0. The van der Waals surface area contributed by atoms with Crippen LogP contribution in [0, 0.1) is 0 Å².